The summed E-state index contributed by atoms with van der Waals surface area (Å²) in [7, 11) is 0. The number of hydrogen-bond donors (Lipinski definition) is 3. The Balaban J connectivity index is 2.39. The van der Waals surface area contributed by atoms with Crippen LogP contribution in [0, 0.1) is 0 Å². The van der Waals surface area contributed by atoms with E-state index >= 15 is 0 Å². The van der Waals surface area contributed by atoms with Crippen LogP contribution < -0.4 is 5.32 Å². The largest absolute Gasteiger partial charge is 0.480 e. The van der Waals surface area contributed by atoms with Gasteiger partial charge in [-0.25, -0.2) is 9.59 Å². The van der Waals surface area contributed by atoms with Crippen molar-refractivity contribution in [2.75, 3.05) is 6.54 Å². The fourth-order valence-corrected chi connectivity index (χ4v) is 2.52. The number of urea groups is 1. The molecule has 116 valence electrons. The van der Waals surface area contributed by atoms with Gasteiger partial charge in [0.25, 0.3) is 0 Å². The van der Waals surface area contributed by atoms with Crippen LogP contribution in [0.1, 0.15) is 52.4 Å². The van der Waals surface area contributed by atoms with Crippen LogP contribution in [-0.4, -0.2) is 51.8 Å². The summed E-state index contributed by atoms with van der Waals surface area (Å²) in [5, 5.41) is 21.4. The summed E-state index contributed by atoms with van der Waals surface area (Å²) in [5.74, 6) is -1.06. The first kappa shape index (κ1) is 16.8. The van der Waals surface area contributed by atoms with Crippen molar-refractivity contribution in [3.8, 4) is 0 Å². The summed E-state index contributed by atoms with van der Waals surface area (Å²) in [6.07, 6.45) is 4.82. The summed E-state index contributed by atoms with van der Waals surface area (Å²) in [4.78, 5) is 24.3. The van der Waals surface area contributed by atoms with Crippen molar-refractivity contribution < 1.29 is 19.8 Å². The Bertz CT molecular complexity index is 335. The third-order valence-corrected chi connectivity index (χ3v) is 3.69. The Hall–Kier alpha value is -1.30. The summed E-state index contributed by atoms with van der Waals surface area (Å²) in [5.41, 5.74) is 0. The normalized spacial score (nSPS) is 23.6. The zero-order valence-corrected chi connectivity index (χ0v) is 12.3. The fourth-order valence-electron chi connectivity index (χ4n) is 2.52. The highest BCUT2D eigenvalue weighted by Crippen LogP contribution is 2.18. The highest BCUT2D eigenvalue weighted by atomic mass is 16.4. The molecule has 6 nitrogen and oxygen atoms in total. The number of amides is 2. The van der Waals surface area contributed by atoms with E-state index in [0.29, 0.717) is 0 Å². The number of carbonyl (C=O) groups excluding carboxylic acids is 1. The van der Waals surface area contributed by atoms with Gasteiger partial charge in [-0.2, -0.15) is 0 Å². The standard InChI is InChI=1S/C14H26N2O4/c1-3-4-5-6-7-10(2)15-14(20)16-9-11(17)8-12(16)13(18)19/h10-12,17H,3-9H2,1-2H3,(H,15,20)(H,18,19)/t10?,11-,12-/m1/s1. The van der Waals surface area contributed by atoms with Crippen molar-refractivity contribution in [3.63, 3.8) is 0 Å². The van der Waals surface area contributed by atoms with Gasteiger partial charge in [-0.3, -0.25) is 0 Å². The summed E-state index contributed by atoms with van der Waals surface area (Å²) in [6.45, 7) is 4.16. The van der Waals surface area contributed by atoms with E-state index < -0.39 is 24.1 Å². The lowest BCUT2D eigenvalue weighted by Crippen LogP contribution is -2.48. The zero-order valence-electron chi connectivity index (χ0n) is 12.3. The second kappa shape index (κ2) is 8.09. The molecule has 1 fully saturated rings. The van der Waals surface area contributed by atoms with Crippen molar-refractivity contribution in [2.45, 2.75) is 70.6 Å². The molecule has 6 heteroatoms. The van der Waals surface area contributed by atoms with Crippen LogP contribution in [0.5, 0.6) is 0 Å². The Kier molecular flexibility index (Phi) is 6.78. The number of nitrogens with zero attached hydrogens (tertiary/aromatic N) is 1. The van der Waals surface area contributed by atoms with E-state index in [9.17, 15) is 14.7 Å². The number of carbonyl (C=O) groups is 2. The third-order valence-electron chi connectivity index (χ3n) is 3.69. The molecule has 3 N–H and O–H groups in total. The first-order valence-corrected chi connectivity index (χ1v) is 7.43. The molecule has 0 aromatic heterocycles. The molecule has 1 saturated heterocycles. The Morgan fingerprint density at radius 2 is 2.05 bits per heavy atom. The van der Waals surface area contributed by atoms with Crippen LogP contribution in [-0.2, 0) is 4.79 Å². The van der Waals surface area contributed by atoms with Gasteiger partial charge in [-0.15, -0.1) is 0 Å². The van der Waals surface area contributed by atoms with Crippen molar-refractivity contribution in [3.05, 3.63) is 0 Å². The van der Waals surface area contributed by atoms with Gasteiger partial charge in [0.1, 0.15) is 6.04 Å². The van der Waals surface area contributed by atoms with E-state index in [1.807, 2.05) is 6.92 Å². The lowest BCUT2D eigenvalue weighted by Gasteiger charge is -2.24. The number of hydrogen-bond acceptors (Lipinski definition) is 3. The van der Waals surface area contributed by atoms with E-state index in [4.69, 9.17) is 5.11 Å². The minimum absolute atomic E-state index is 0.0199. The van der Waals surface area contributed by atoms with Crippen LogP contribution in [0.4, 0.5) is 4.79 Å². The Morgan fingerprint density at radius 3 is 2.65 bits per heavy atom. The maximum absolute atomic E-state index is 12.0. The monoisotopic (exact) mass is 286 g/mol. The molecule has 1 unspecified atom stereocenters. The SMILES string of the molecule is CCCCCCC(C)NC(=O)N1C[C@H](O)C[C@@H]1C(=O)O. The van der Waals surface area contributed by atoms with Gasteiger partial charge in [-0.1, -0.05) is 32.6 Å². The van der Waals surface area contributed by atoms with Crippen LogP contribution in [0.25, 0.3) is 0 Å². The molecule has 0 radical (unpaired) electrons. The van der Waals surface area contributed by atoms with E-state index in [1.54, 1.807) is 0 Å². The van der Waals surface area contributed by atoms with E-state index in [0.717, 1.165) is 19.3 Å². The number of carboxylic acid groups (broad SMARTS) is 1. The smallest absolute Gasteiger partial charge is 0.326 e. The van der Waals surface area contributed by atoms with Crippen molar-refractivity contribution in [2.24, 2.45) is 0 Å². The number of likely N-dealkylation sites (tertiary alicyclic amines) is 1. The molecular formula is C14H26N2O4. The van der Waals surface area contributed by atoms with Gasteiger partial charge in [-0.05, 0) is 13.3 Å². The number of nitrogens with one attached hydrogen (secondary N) is 1. The Morgan fingerprint density at radius 1 is 1.35 bits per heavy atom. The molecule has 0 aromatic carbocycles. The molecule has 1 aliphatic heterocycles. The summed E-state index contributed by atoms with van der Waals surface area (Å²) in [6, 6.07) is -1.29. The number of rotatable bonds is 7. The molecule has 0 bridgehead atoms. The van der Waals surface area contributed by atoms with Crippen LogP contribution >= 0.6 is 0 Å². The quantitative estimate of drug-likeness (QED) is 0.620. The van der Waals surface area contributed by atoms with Crippen molar-refractivity contribution in [1.29, 1.82) is 0 Å². The first-order chi connectivity index (χ1) is 9.45. The predicted molar refractivity (Wildman–Crippen MR) is 75.5 cm³/mol. The predicted octanol–water partition coefficient (Wildman–Crippen LogP) is 1.57. The molecule has 1 rings (SSSR count). The van der Waals surface area contributed by atoms with E-state index in [-0.39, 0.29) is 19.0 Å². The number of aliphatic carboxylic acids is 1. The number of unbranched alkanes of at least 4 members (excludes halogenated alkanes) is 3. The van der Waals surface area contributed by atoms with Gasteiger partial charge in [0.15, 0.2) is 0 Å². The summed E-state index contributed by atoms with van der Waals surface area (Å²) < 4.78 is 0. The molecule has 0 aliphatic carbocycles. The number of aliphatic hydroxyl groups is 1. The second-order valence-electron chi connectivity index (χ2n) is 5.60. The van der Waals surface area contributed by atoms with E-state index in [1.165, 1.54) is 17.7 Å². The summed E-state index contributed by atoms with van der Waals surface area (Å²) >= 11 is 0. The highest BCUT2D eigenvalue weighted by Gasteiger charge is 2.39. The molecule has 0 spiro atoms. The van der Waals surface area contributed by atoms with E-state index in [2.05, 4.69) is 12.2 Å². The van der Waals surface area contributed by atoms with Crippen molar-refractivity contribution in [1.82, 2.24) is 10.2 Å². The average molecular weight is 286 g/mol. The molecule has 0 aromatic rings. The zero-order chi connectivity index (χ0) is 15.1. The second-order valence-corrected chi connectivity index (χ2v) is 5.60. The fraction of sp³-hybridized carbons (Fsp3) is 0.857. The van der Waals surface area contributed by atoms with Gasteiger partial charge in [0.05, 0.1) is 6.10 Å². The Labute approximate surface area is 120 Å². The lowest BCUT2D eigenvalue weighted by molar-refractivity contribution is -0.141. The van der Waals surface area contributed by atoms with Crippen LogP contribution in [0.15, 0.2) is 0 Å². The lowest BCUT2D eigenvalue weighted by atomic mass is 10.1. The van der Waals surface area contributed by atoms with Crippen LogP contribution in [0.2, 0.25) is 0 Å². The molecule has 1 heterocycles. The number of carboxylic acids is 1. The average Bonchev–Trinajstić information content (AvgIpc) is 2.77. The van der Waals surface area contributed by atoms with Crippen molar-refractivity contribution >= 4 is 12.0 Å². The number of β-amino-alcohol motifs (C(OH)–C–C–N with tert-alkyl or cyclic N) is 1. The van der Waals surface area contributed by atoms with Gasteiger partial charge >= 0.3 is 12.0 Å². The molecular weight excluding hydrogens is 260 g/mol. The molecule has 2 amide bonds. The highest BCUT2D eigenvalue weighted by molar-refractivity contribution is 5.83. The van der Waals surface area contributed by atoms with Gasteiger partial charge in [0.2, 0.25) is 0 Å². The number of aliphatic hydroxyl groups excluding tert-OH is 1. The minimum atomic E-state index is -1.06. The van der Waals surface area contributed by atoms with Gasteiger partial charge < -0.3 is 20.4 Å². The maximum atomic E-state index is 12.0. The topological polar surface area (TPSA) is 89.9 Å². The molecule has 1 aliphatic rings. The van der Waals surface area contributed by atoms with Crippen LogP contribution in [0.3, 0.4) is 0 Å². The minimum Gasteiger partial charge on any atom is -0.480 e. The maximum Gasteiger partial charge on any atom is 0.326 e. The molecule has 3 atom stereocenters. The third kappa shape index (κ3) is 5.00. The first-order valence-electron chi connectivity index (χ1n) is 7.43. The van der Waals surface area contributed by atoms with Gasteiger partial charge in [0, 0.05) is 19.0 Å². The molecule has 20 heavy (non-hydrogen) atoms. The molecule has 0 saturated carbocycles.